The molecule has 0 bridgehead atoms. The molecule has 0 saturated heterocycles. The molecular formula is C16H14ClN5O3S. The van der Waals surface area contributed by atoms with Gasteiger partial charge in [0.15, 0.2) is 5.13 Å². The molecule has 0 fully saturated rings. The summed E-state index contributed by atoms with van der Waals surface area (Å²) in [5, 5.41) is 7.51. The Labute approximate surface area is 157 Å². The first kappa shape index (κ1) is 18.0. The van der Waals surface area contributed by atoms with Gasteiger partial charge in [-0.1, -0.05) is 28.1 Å². The van der Waals surface area contributed by atoms with Crippen molar-refractivity contribution in [1.82, 2.24) is 15.1 Å². The van der Waals surface area contributed by atoms with Crippen molar-refractivity contribution in [2.75, 3.05) is 5.32 Å². The van der Waals surface area contributed by atoms with Crippen LogP contribution in [-0.4, -0.2) is 26.9 Å². The van der Waals surface area contributed by atoms with Crippen molar-refractivity contribution < 1.29 is 14.1 Å². The van der Waals surface area contributed by atoms with Crippen molar-refractivity contribution in [3.05, 3.63) is 46.3 Å². The average Bonchev–Trinajstić information content (AvgIpc) is 3.25. The lowest BCUT2D eigenvalue weighted by atomic mass is 10.2. The standard InChI is InChI=1S/C16H14ClN5O3S/c17-10-6-4-9(5-7-10)15-21-13(25-22-15)3-1-2-12(23)20-16-19-8-11(26-16)14(18)24/h4-8H,1-3H2,(H2,18,24)(H,19,20,23). The first-order chi connectivity index (χ1) is 12.5. The molecule has 26 heavy (non-hydrogen) atoms. The van der Waals surface area contributed by atoms with Crippen LogP contribution in [0.2, 0.25) is 5.02 Å². The Morgan fingerprint density at radius 2 is 2.04 bits per heavy atom. The van der Waals surface area contributed by atoms with Crippen molar-refractivity contribution in [3.8, 4) is 11.4 Å². The van der Waals surface area contributed by atoms with Crippen LogP contribution < -0.4 is 11.1 Å². The van der Waals surface area contributed by atoms with Gasteiger partial charge in [-0.3, -0.25) is 9.59 Å². The number of benzene rings is 1. The van der Waals surface area contributed by atoms with Gasteiger partial charge in [0, 0.05) is 23.4 Å². The molecule has 0 atom stereocenters. The quantitative estimate of drug-likeness (QED) is 0.638. The Kier molecular flexibility index (Phi) is 5.59. The molecular weight excluding hydrogens is 378 g/mol. The summed E-state index contributed by atoms with van der Waals surface area (Å²) in [4.78, 5) is 31.4. The lowest BCUT2D eigenvalue weighted by molar-refractivity contribution is -0.116. The molecule has 134 valence electrons. The number of hydrogen-bond donors (Lipinski definition) is 2. The van der Waals surface area contributed by atoms with Gasteiger partial charge in [0.05, 0.1) is 6.20 Å². The first-order valence-electron chi connectivity index (χ1n) is 7.65. The van der Waals surface area contributed by atoms with E-state index >= 15 is 0 Å². The SMILES string of the molecule is NC(=O)c1cnc(NC(=O)CCCc2nc(-c3ccc(Cl)cc3)no2)s1. The molecule has 3 aromatic rings. The monoisotopic (exact) mass is 391 g/mol. The number of aromatic nitrogens is 3. The van der Waals surface area contributed by atoms with E-state index in [0.717, 1.165) is 16.9 Å². The van der Waals surface area contributed by atoms with Gasteiger partial charge in [-0.05, 0) is 30.7 Å². The minimum absolute atomic E-state index is 0.215. The molecule has 8 nitrogen and oxygen atoms in total. The van der Waals surface area contributed by atoms with E-state index in [1.54, 1.807) is 24.3 Å². The maximum atomic E-state index is 11.9. The van der Waals surface area contributed by atoms with E-state index in [9.17, 15) is 9.59 Å². The third-order valence-corrected chi connectivity index (χ3v) is 4.54. The summed E-state index contributed by atoms with van der Waals surface area (Å²) >= 11 is 6.88. The van der Waals surface area contributed by atoms with E-state index in [4.69, 9.17) is 21.9 Å². The molecule has 0 aliphatic heterocycles. The van der Waals surface area contributed by atoms with Crippen molar-refractivity contribution in [2.45, 2.75) is 19.3 Å². The minimum atomic E-state index is -0.573. The zero-order valence-electron chi connectivity index (χ0n) is 13.4. The second-order valence-electron chi connectivity index (χ2n) is 5.31. The number of nitrogens with two attached hydrogens (primary N) is 1. The maximum absolute atomic E-state index is 11.9. The fraction of sp³-hybridized carbons (Fsp3) is 0.188. The van der Waals surface area contributed by atoms with Gasteiger partial charge in [-0.2, -0.15) is 4.98 Å². The third-order valence-electron chi connectivity index (χ3n) is 3.36. The summed E-state index contributed by atoms with van der Waals surface area (Å²) in [6.45, 7) is 0. The van der Waals surface area contributed by atoms with Crippen LogP contribution in [0.4, 0.5) is 5.13 Å². The number of halogens is 1. The van der Waals surface area contributed by atoms with Gasteiger partial charge in [-0.25, -0.2) is 4.98 Å². The Morgan fingerprint density at radius 3 is 2.73 bits per heavy atom. The van der Waals surface area contributed by atoms with Crippen molar-refractivity contribution >= 4 is 39.9 Å². The molecule has 0 saturated carbocycles. The first-order valence-corrected chi connectivity index (χ1v) is 8.85. The number of rotatable bonds is 7. The predicted molar refractivity (Wildman–Crippen MR) is 96.9 cm³/mol. The van der Waals surface area contributed by atoms with Gasteiger partial charge in [0.2, 0.25) is 17.6 Å². The molecule has 0 spiro atoms. The lowest BCUT2D eigenvalue weighted by Crippen LogP contribution is -2.11. The number of aryl methyl sites for hydroxylation is 1. The number of carbonyl (C=O) groups excluding carboxylic acids is 2. The van der Waals surface area contributed by atoms with E-state index in [1.807, 2.05) is 0 Å². The Morgan fingerprint density at radius 1 is 1.27 bits per heavy atom. The largest absolute Gasteiger partial charge is 0.365 e. The summed E-state index contributed by atoms with van der Waals surface area (Å²) in [6.07, 6.45) is 2.59. The van der Waals surface area contributed by atoms with Crippen LogP contribution in [0.1, 0.15) is 28.4 Å². The average molecular weight is 392 g/mol. The summed E-state index contributed by atoms with van der Waals surface area (Å²) in [6, 6.07) is 7.11. The molecule has 2 amide bonds. The summed E-state index contributed by atoms with van der Waals surface area (Å²) < 4.78 is 5.19. The number of anilines is 1. The van der Waals surface area contributed by atoms with E-state index in [0.29, 0.717) is 39.6 Å². The van der Waals surface area contributed by atoms with Gasteiger partial charge in [0.25, 0.3) is 5.91 Å². The summed E-state index contributed by atoms with van der Waals surface area (Å²) in [5.74, 6) is 0.139. The Balaban J connectivity index is 1.48. The fourth-order valence-electron chi connectivity index (χ4n) is 2.10. The molecule has 0 unspecified atom stereocenters. The number of amides is 2. The molecule has 0 radical (unpaired) electrons. The molecule has 0 aliphatic carbocycles. The second kappa shape index (κ2) is 8.07. The third kappa shape index (κ3) is 4.64. The van der Waals surface area contributed by atoms with Gasteiger partial charge in [0.1, 0.15) is 4.88 Å². The van der Waals surface area contributed by atoms with Crippen LogP contribution >= 0.6 is 22.9 Å². The van der Waals surface area contributed by atoms with Crippen molar-refractivity contribution in [1.29, 1.82) is 0 Å². The molecule has 3 N–H and O–H groups in total. The number of nitrogens with zero attached hydrogens (tertiary/aromatic N) is 3. The van der Waals surface area contributed by atoms with Crippen LogP contribution in [0.5, 0.6) is 0 Å². The van der Waals surface area contributed by atoms with E-state index in [1.165, 1.54) is 6.20 Å². The number of hydrogen-bond acceptors (Lipinski definition) is 7. The molecule has 0 aliphatic rings. The highest BCUT2D eigenvalue weighted by Crippen LogP contribution is 2.20. The van der Waals surface area contributed by atoms with E-state index in [2.05, 4.69) is 20.4 Å². The molecule has 1 aromatic carbocycles. The van der Waals surface area contributed by atoms with Crippen molar-refractivity contribution in [3.63, 3.8) is 0 Å². The smallest absolute Gasteiger partial charge is 0.260 e. The number of carbonyl (C=O) groups is 2. The van der Waals surface area contributed by atoms with Gasteiger partial charge < -0.3 is 15.6 Å². The molecule has 2 aromatic heterocycles. The van der Waals surface area contributed by atoms with Crippen LogP contribution in [0.15, 0.2) is 35.0 Å². The highest BCUT2D eigenvalue weighted by molar-refractivity contribution is 7.17. The molecule has 10 heteroatoms. The number of primary amides is 1. The van der Waals surface area contributed by atoms with Crippen LogP contribution in [0, 0.1) is 0 Å². The van der Waals surface area contributed by atoms with Gasteiger partial charge >= 0.3 is 0 Å². The lowest BCUT2D eigenvalue weighted by Gasteiger charge is -1.99. The predicted octanol–water partition coefficient (Wildman–Crippen LogP) is 2.91. The molecule has 3 rings (SSSR count). The maximum Gasteiger partial charge on any atom is 0.260 e. The fourth-order valence-corrected chi connectivity index (χ4v) is 2.91. The van der Waals surface area contributed by atoms with E-state index < -0.39 is 5.91 Å². The highest BCUT2D eigenvalue weighted by atomic mass is 35.5. The zero-order chi connectivity index (χ0) is 18.5. The van der Waals surface area contributed by atoms with Gasteiger partial charge in [-0.15, -0.1) is 0 Å². The topological polar surface area (TPSA) is 124 Å². The second-order valence-corrected chi connectivity index (χ2v) is 6.78. The van der Waals surface area contributed by atoms with Crippen LogP contribution in [0.3, 0.4) is 0 Å². The highest BCUT2D eigenvalue weighted by Gasteiger charge is 2.12. The Hall–Kier alpha value is -2.78. The minimum Gasteiger partial charge on any atom is -0.365 e. The normalized spacial score (nSPS) is 10.7. The van der Waals surface area contributed by atoms with Crippen LogP contribution in [0.25, 0.3) is 11.4 Å². The molecule has 2 heterocycles. The summed E-state index contributed by atoms with van der Waals surface area (Å²) in [5.41, 5.74) is 5.94. The van der Waals surface area contributed by atoms with E-state index in [-0.39, 0.29) is 12.3 Å². The number of thiazole rings is 1. The Bertz CT molecular complexity index is 922. The summed E-state index contributed by atoms with van der Waals surface area (Å²) in [7, 11) is 0. The van der Waals surface area contributed by atoms with Crippen molar-refractivity contribution in [2.24, 2.45) is 5.73 Å². The van der Waals surface area contributed by atoms with Crippen LogP contribution in [-0.2, 0) is 11.2 Å². The number of nitrogens with one attached hydrogen (secondary N) is 1. The zero-order valence-corrected chi connectivity index (χ0v) is 15.0.